The molecule has 6 heteroatoms. The predicted molar refractivity (Wildman–Crippen MR) is 183 cm³/mol. The Morgan fingerprint density at radius 1 is 0.476 bits per heavy atom. The van der Waals surface area contributed by atoms with Gasteiger partial charge in [-0.15, -0.1) is 73.6 Å². The van der Waals surface area contributed by atoms with E-state index in [0.29, 0.717) is 11.8 Å². The van der Waals surface area contributed by atoms with Gasteiger partial charge in [0.1, 0.15) is 0 Å². The fraction of sp³-hybridized carbons (Fsp3) is 0.278. The first-order valence-electron chi connectivity index (χ1n) is 13.8. The maximum absolute atomic E-state index is 2.42. The molecule has 0 spiro atoms. The number of fused-ring (bicyclic) bond motifs is 4. The van der Waals surface area contributed by atoms with Crippen molar-refractivity contribution in [3.05, 3.63) is 144 Å². The zero-order valence-corrected chi connectivity index (χ0v) is 31.8. The van der Waals surface area contributed by atoms with E-state index in [9.17, 15) is 0 Å². The van der Waals surface area contributed by atoms with Gasteiger partial charge < -0.3 is 12.8 Å². The van der Waals surface area contributed by atoms with Crippen LogP contribution in [0.2, 0.25) is 0 Å². The molecule has 2 aromatic carbocycles. The second kappa shape index (κ2) is 20.8. The molecule has 6 atom stereocenters. The quantitative estimate of drug-likeness (QED) is 0.252. The Balaban J connectivity index is 0.000000607. The van der Waals surface area contributed by atoms with Crippen molar-refractivity contribution in [1.82, 2.24) is 0 Å². The van der Waals surface area contributed by atoms with Gasteiger partial charge in [-0.3, -0.25) is 0 Å². The molecule has 0 heterocycles. The first kappa shape index (κ1) is 41.8. The van der Waals surface area contributed by atoms with Crippen LogP contribution in [0, 0.1) is 36.5 Å². The molecule has 0 saturated heterocycles. The van der Waals surface area contributed by atoms with Gasteiger partial charge in [0, 0.05) is 64.2 Å². The number of rotatable bonds is 1. The van der Waals surface area contributed by atoms with E-state index in [1.165, 1.54) is 47.9 Å². The summed E-state index contributed by atoms with van der Waals surface area (Å²) in [5.74, 6) is 4.23. The molecule has 8 rings (SSSR count). The minimum absolute atomic E-state index is 0. The van der Waals surface area contributed by atoms with E-state index in [1.54, 1.807) is 0 Å². The average Bonchev–Trinajstić information content (AvgIpc) is 3.74. The summed E-state index contributed by atoms with van der Waals surface area (Å²) in [4.78, 5) is 0. The molecular weight excluding hydrogens is 757 g/mol. The maximum Gasteiger partial charge on any atom is 0.0131 e. The summed E-state index contributed by atoms with van der Waals surface area (Å²) in [6.07, 6.45) is 37.3. The molecule has 6 unspecified atom stereocenters. The van der Waals surface area contributed by atoms with E-state index >= 15 is 0 Å². The molecule has 0 aromatic heterocycles. The predicted octanol–water partition coefficient (Wildman–Crippen LogP) is 11.0. The van der Waals surface area contributed by atoms with Gasteiger partial charge in [-0.2, -0.15) is 12.8 Å². The van der Waals surface area contributed by atoms with Gasteiger partial charge >= 0.3 is 0 Å². The van der Waals surface area contributed by atoms with Crippen LogP contribution >= 0.6 is 49.6 Å². The first-order chi connectivity index (χ1) is 17.9. The van der Waals surface area contributed by atoms with Crippen LogP contribution in [0.15, 0.2) is 109 Å². The van der Waals surface area contributed by atoms with E-state index in [4.69, 9.17) is 0 Å². The van der Waals surface area contributed by atoms with Crippen molar-refractivity contribution in [3.63, 3.8) is 0 Å². The van der Waals surface area contributed by atoms with Gasteiger partial charge in [0.25, 0.3) is 0 Å². The molecule has 42 heavy (non-hydrogen) atoms. The molecule has 2 aromatic rings. The summed E-state index contributed by atoms with van der Waals surface area (Å²) < 4.78 is 0. The Bertz CT molecular complexity index is 1130. The van der Waals surface area contributed by atoms with Crippen LogP contribution in [0.5, 0.6) is 0 Å². The zero-order valence-electron chi connectivity index (χ0n) is 23.6. The van der Waals surface area contributed by atoms with Crippen molar-refractivity contribution in [3.8, 4) is 0 Å². The number of benzene rings is 2. The third-order valence-corrected chi connectivity index (χ3v) is 8.54. The van der Waals surface area contributed by atoms with Crippen LogP contribution in [-0.4, -0.2) is 0 Å². The van der Waals surface area contributed by atoms with Crippen LogP contribution in [0.4, 0.5) is 0 Å². The molecule has 0 radical (unpaired) electrons. The summed E-state index contributed by atoms with van der Waals surface area (Å²) in [5, 5.41) is 0. The van der Waals surface area contributed by atoms with Gasteiger partial charge in [0.05, 0.1) is 0 Å². The molecule has 0 bridgehead atoms. The minimum Gasteiger partial charge on any atom is -0.321 e. The fourth-order valence-electron chi connectivity index (χ4n) is 6.57. The van der Waals surface area contributed by atoms with Crippen LogP contribution in [-0.2, 0) is 52.4 Å². The molecule has 2 fully saturated rings. The number of hydrogen-bond donors (Lipinski definition) is 0. The van der Waals surface area contributed by atoms with E-state index in [0.717, 1.165) is 23.7 Å². The second-order valence-corrected chi connectivity index (χ2v) is 10.7. The number of hydrogen-bond acceptors (Lipinski definition) is 0. The topological polar surface area (TPSA) is 0 Å². The minimum atomic E-state index is 0. The zero-order chi connectivity index (χ0) is 24.2. The van der Waals surface area contributed by atoms with Crippen LogP contribution in [0.25, 0.3) is 12.2 Å². The van der Waals surface area contributed by atoms with Crippen LogP contribution < -0.4 is 0 Å². The third-order valence-electron chi connectivity index (χ3n) is 8.54. The van der Waals surface area contributed by atoms with E-state index in [2.05, 4.69) is 134 Å². The SMILES string of the molecule is C1=CC(C2C=Cc3ccccc32)c2ccccc21.C1=CC2[CH-]CCC2C=C1.C1=CC2[CH-]CCC2C=C1.Cl.Cl.Cl.Cl.[Zr].[Zr]. The molecule has 0 aliphatic heterocycles. The van der Waals surface area contributed by atoms with E-state index in [-0.39, 0.29) is 102 Å². The van der Waals surface area contributed by atoms with Crippen molar-refractivity contribution in [2.24, 2.45) is 23.7 Å². The molecule has 0 N–H and O–H groups in total. The Labute approximate surface area is 316 Å². The summed E-state index contributed by atoms with van der Waals surface area (Å²) in [5.41, 5.74) is 5.67. The summed E-state index contributed by atoms with van der Waals surface area (Å²) in [7, 11) is 0. The summed E-state index contributed by atoms with van der Waals surface area (Å²) >= 11 is 0. The smallest absolute Gasteiger partial charge is 0.0131 e. The Hall–Kier alpha value is -0.194. The monoisotopic (exact) mass is 792 g/mol. The molecule has 6 aliphatic carbocycles. The molecule has 2 saturated carbocycles. The van der Waals surface area contributed by atoms with Gasteiger partial charge in [-0.25, -0.2) is 0 Å². The van der Waals surface area contributed by atoms with Crippen molar-refractivity contribution >= 4 is 61.8 Å². The Kier molecular flexibility index (Phi) is 20.7. The molecule has 6 aliphatic rings. The van der Waals surface area contributed by atoms with Crippen LogP contribution in [0.1, 0.15) is 59.8 Å². The van der Waals surface area contributed by atoms with Crippen LogP contribution in [0.3, 0.4) is 0 Å². The van der Waals surface area contributed by atoms with Gasteiger partial charge in [0.15, 0.2) is 0 Å². The largest absolute Gasteiger partial charge is 0.321 e. The van der Waals surface area contributed by atoms with E-state index in [1.807, 2.05) is 0 Å². The summed E-state index contributed by atoms with van der Waals surface area (Å²) in [6, 6.07) is 17.4. The van der Waals surface area contributed by atoms with Crippen molar-refractivity contribution in [2.45, 2.75) is 37.5 Å². The van der Waals surface area contributed by atoms with E-state index < -0.39 is 0 Å². The standard InChI is InChI=1S/C18H14.2C9H11.4ClH.2Zr/c1-3-7-15-13(5-1)9-11-17(15)18-12-10-14-6-2-4-8-16(14)18;2*1-2-5-9-7-3-6-8(9)4-1;;;;;;/h1-12,17-18H;2*1-2,4-6,8-9H,3,7H2;4*1H;;/q;2*-1;;;;;;. The molecule has 222 valence electrons. The molecular formula is C36H40Cl4Zr2-2. The maximum atomic E-state index is 2.42. The first-order valence-corrected chi connectivity index (χ1v) is 13.8. The number of halogens is 4. The number of allylic oxidation sites excluding steroid dienone is 10. The molecule has 0 amide bonds. The van der Waals surface area contributed by atoms with Gasteiger partial charge in [-0.05, 0) is 34.1 Å². The van der Waals surface area contributed by atoms with Crippen molar-refractivity contribution in [1.29, 1.82) is 0 Å². The fourth-order valence-corrected chi connectivity index (χ4v) is 6.57. The third kappa shape index (κ3) is 9.90. The van der Waals surface area contributed by atoms with Crippen molar-refractivity contribution < 1.29 is 52.4 Å². The van der Waals surface area contributed by atoms with Crippen molar-refractivity contribution in [2.75, 3.05) is 0 Å². The Morgan fingerprint density at radius 3 is 1.26 bits per heavy atom. The Morgan fingerprint density at radius 2 is 0.857 bits per heavy atom. The normalized spacial score (nSPS) is 26.7. The molecule has 0 nitrogen and oxygen atoms in total. The summed E-state index contributed by atoms with van der Waals surface area (Å²) in [6.45, 7) is 0. The van der Waals surface area contributed by atoms with Gasteiger partial charge in [0.2, 0.25) is 0 Å². The average molecular weight is 797 g/mol. The van der Waals surface area contributed by atoms with Gasteiger partial charge in [-0.1, -0.05) is 122 Å². The second-order valence-electron chi connectivity index (χ2n) is 10.7.